The van der Waals surface area contributed by atoms with E-state index in [9.17, 15) is 9.59 Å². The lowest BCUT2D eigenvalue weighted by Gasteiger charge is -2.46. The van der Waals surface area contributed by atoms with Crippen LogP contribution in [0.1, 0.15) is 51.5 Å². The fraction of sp³-hybridized carbons (Fsp3) is 0.680. The van der Waals surface area contributed by atoms with Gasteiger partial charge >= 0.3 is 0 Å². The number of piperidine rings is 1. The second kappa shape index (κ2) is 9.70. The number of likely N-dealkylation sites (tertiary alicyclic amines) is 1. The molecule has 1 aromatic carbocycles. The third-order valence-corrected chi connectivity index (χ3v) is 7.70. The molecule has 1 N–H and O–H groups in total. The normalized spacial score (nSPS) is 23.6. The van der Waals surface area contributed by atoms with E-state index in [2.05, 4.69) is 41.1 Å². The average molecular weight is 427 g/mol. The summed E-state index contributed by atoms with van der Waals surface area (Å²) in [7, 11) is 0. The number of amides is 2. The molecule has 1 spiro atoms. The molecule has 4 rings (SSSR count). The number of benzene rings is 1. The second-order valence-corrected chi connectivity index (χ2v) is 9.39. The van der Waals surface area contributed by atoms with E-state index < -0.39 is 0 Å². The Hall–Kier alpha value is -1.92. The predicted octanol–water partition coefficient (Wildman–Crippen LogP) is 2.49. The highest BCUT2D eigenvalue weighted by Crippen LogP contribution is 2.35. The van der Waals surface area contributed by atoms with Gasteiger partial charge in [0, 0.05) is 44.9 Å². The van der Waals surface area contributed by atoms with Crippen molar-refractivity contribution in [3.05, 3.63) is 35.9 Å². The van der Waals surface area contributed by atoms with E-state index in [1.54, 1.807) is 0 Å². The molecule has 170 valence electrons. The maximum atomic E-state index is 13.5. The summed E-state index contributed by atoms with van der Waals surface area (Å²) in [5.41, 5.74) is 0.867. The molecule has 2 saturated heterocycles. The summed E-state index contributed by atoms with van der Waals surface area (Å²) in [4.78, 5) is 32.8. The van der Waals surface area contributed by atoms with Crippen molar-refractivity contribution >= 4 is 11.8 Å². The summed E-state index contributed by atoms with van der Waals surface area (Å²) in [5, 5.41) is 3.75. The van der Waals surface area contributed by atoms with Gasteiger partial charge in [-0.15, -0.1) is 0 Å². The van der Waals surface area contributed by atoms with Gasteiger partial charge < -0.3 is 14.7 Å². The molecule has 1 aliphatic carbocycles. The first-order chi connectivity index (χ1) is 15.1. The van der Waals surface area contributed by atoms with E-state index in [0.717, 1.165) is 65.0 Å². The van der Waals surface area contributed by atoms with Crippen molar-refractivity contribution < 1.29 is 9.59 Å². The van der Waals surface area contributed by atoms with E-state index in [1.165, 1.54) is 12.0 Å². The molecule has 1 atom stereocenters. The lowest BCUT2D eigenvalue weighted by Crippen LogP contribution is -2.61. The van der Waals surface area contributed by atoms with Crippen molar-refractivity contribution in [3.63, 3.8) is 0 Å². The van der Waals surface area contributed by atoms with Crippen molar-refractivity contribution in [1.82, 2.24) is 20.0 Å². The topological polar surface area (TPSA) is 55.9 Å². The highest BCUT2D eigenvalue weighted by atomic mass is 16.2. The van der Waals surface area contributed by atoms with Crippen LogP contribution >= 0.6 is 0 Å². The standard InChI is InChI=1S/C25H38N4O2/c1-3-27(4-2)17-18-29-24(31)22(19-20-9-6-5-7-10-20)26-25(29)13-15-28(16-14-25)23(30)21-11-8-12-21/h5-7,9-10,21-22,26H,3-4,8,11-19H2,1-2H3/t22-/m0/s1. The Morgan fingerprint density at radius 2 is 1.81 bits per heavy atom. The number of carbonyl (C=O) groups is 2. The van der Waals surface area contributed by atoms with Gasteiger partial charge in [0.25, 0.3) is 0 Å². The fourth-order valence-electron chi connectivity index (χ4n) is 5.38. The number of nitrogens with one attached hydrogen (secondary N) is 1. The average Bonchev–Trinajstić information content (AvgIpc) is 2.99. The van der Waals surface area contributed by atoms with Crippen molar-refractivity contribution in [1.29, 1.82) is 0 Å². The quantitative estimate of drug-likeness (QED) is 0.694. The molecule has 0 bridgehead atoms. The zero-order valence-corrected chi connectivity index (χ0v) is 19.2. The maximum absolute atomic E-state index is 13.5. The number of hydrogen-bond donors (Lipinski definition) is 1. The van der Waals surface area contributed by atoms with Crippen LogP contribution in [0.2, 0.25) is 0 Å². The third kappa shape index (κ3) is 4.65. The third-order valence-electron chi connectivity index (χ3n) is 7.70. The molecule has 2 aliphatic heterocycles. The van der Waals surface area contributed by atoms with Gasteiger partial charge in [0.05, 0.1) is 11.7 Å². The molecule has 2 heterocycles. The first-order valence-electron chi connectivity index (χ1n) is 12.2. The van der Waals surface area contributed by atoms with E-state index in [0.29, 0.717) is 12.3 Å². The largest absolute Gasteiger partial charge is 0.342 e. The lowest BCUT2D eigenvalue weighted by molar-refractivity contribution is -0.142. The van der Waals surface area contributed by atoms with Crippen LogP contribution in [0, 0.1) is 5.92 Å². The maximum Gasteiger partial charge on any atom is 0.241 e. The summed E-state index contributed by atoms with van der Waals surface area (Å²) < 4.78 is 0. The molecule has 3 fully saturated rings. The number of carbonyl (C=O) groups excluding carboxylic acids is 2. The van der Waals surface area contributed by atoms with Gasteiger partial charge in [-0.2, -0.15) is 0 Å². The van der Waals surface area contributed by atoms with Crippen LogP contribution in [0.4, 0.5) is 0 Å². The number of likely N-dealkylation sites (N-methyl/N-ethyl adjacent to an activating group) is 1. The van der Waals surface area contributed by atoms with Crippen molar-refractivity contribution in [2.75, 3.05) is 39.3 Å². The summed E-state index contributed by atoms with van der Waals surface area (Å²) in [6.07, 6.45) is 5.64. The van der Waals surface area contributed by atoms with E-state index >= 15 is 0 Å². The van der Waals surface area contributed by atoms with E-state index in [1.807, 2.05) is 23.1 Å². The van der Waals surface area contributed by atoms with Crippen molar-refractivity contribution in [3.8, 4) is 0 Å². The van der Waals surface area contributed by atoms with Crippen LogP contribution in [-0.4, -0.2) is 77.5 Å². The first kappa shape index (κ1) is 22.3. The van der Waals surface area contributed by atoms with Gasteiger partial charge in [-0.1, -0.05) is 50.6 Å². The predicted molar refractivity (Wildman–Crippen MR) is 122 cm³/mol. The Bertz CT molecular complexity index is 752. The molecular weight excluding hydrogens is 388 g/mol. The Morgan fingerprint density at radius 1 is 1.13 bits per heavy atom. The Balaban J connectivity index is 1.47. The number of nitrogens with zero attached hydrogens (tertiary/aromatic N) is 3. The molecule has 6 nitrogen and oxygen atoms in total. The molecule has 1 saturated carbocycles. The summed E-state index contributed by atoms with van der Waals surface area (Å²) in [6, 6.07) is 10.1. The van der Waals surface area contributed by atoms with E-state index in [4.69, 9.17) is 0 Å². The van der Waals surface area contributed by atoms with Crippen molar-refractivity contribution in [2.45, 2.75) is 64.1 Å². The highest BCUT2D eigenvalue weighted by molar-refractivity contribution is 5.86. The van der Waals surface area contributed by atoms with Gasteiger partial charge in [-0.05, 0) is 37.9 Å². The Morgan fingerprint density at radius 3 is 2.39 bits per heavy atom. The Kier molecular flexibility index (Phi) is 6.97. The molecule has 2 amide bonds. The molecule has 0 radical (unpaired) electrons. The van der Waals surface area contributed by atoms with Crippen LogP contribution in [-0.2, 0) is 16.0 Å². The van der Waals surface area contributed by atoms with Crippen LogP contribution < -0.4 is 5.32 Å². The molecular formula is C25H38N4O2. The van der Waals surface area contributed by atoms with Crippen LogP contribution in [0.5, 0.6) is 0 Å². The minimum atomic E-state index is -0.319. The molecule has 6 heteroatoms. The van der Waals surface area contributed by atoms with Crippen LogP contribution in [0.25, 0.3) is 0 Å². The number of hydrogen-bond acceptors (Lipinski definition) is 4. The monoisotopic (exact) mass is 426 g/mol. The van der Waals surface area contributed by atoms with Crippen molar-refractivity contribution in [2.24, 2.45) is 5.92 Å². The number of rotatable bonds is 8. The lowest BCUT2D eigenvalue weighted by atomic mass is 9.83. The zero-order valence-electron chi connectivity index (χ0n) is 19.2. The summed E-state index contributed by atoms with van der Waals surface area (Å²) in [6.45, 7) is 9.47. The minimum Gasteiger partial charge on any atom is -0.342 e. The SMILES string of the molecule is CCN(CC)CCN1C(=O)[C@H](Cc2ccccc2)NC12CCN(C(=O)C1CCC1)CC2. The Labute approximate surface area is 187 Å². The van der Waals surface area contributed by atoms with Gasteiger partial charge in [0.15, 0.2) is 0 Å². The highest BCUT2D eigenvalue weighted by Gasteiger charge is 2.51. The molecule has 1 aromatic rings. The van der Waals surface area contributed by atoms with Crippen LogP contribution in [0.3, 0.4) is 0 Å². The first-order valence-corrected chi connectivity index (χ1v) is 12.2. The van der Waals surface area contributed by atoms with Gasteiger partial charge in [0.1, 0.15) is 0 Å². The van der Waals surface area contributed by atoms with Gasteiger partial charge in [0.2, 0.25) is 11.8 Å². The summed E-state index contributed by atoms with van der Waals surface area (Å²) >= 11 is 0. The zero-order chi connectivity index (χ0) is 21.8. The molecule has 0 aromatic heterocycles. The van der Waals surface area contributed by atoms with Gasteiger partial charge in [-0.25, -0.2) is 0 Å². The smallest absolute Gasteiger partial charge is 0.241 e. The van der Waals surface area contributed by atoms with Crippen LogP contribution in [0.15, 0.2) is 30.3 Å². The molecule has 0 unspecified atom stereocenters. The fourth-order valence-corrected chi connectivity index (χ4v) is 5.38. The van der Waals surface area contributed by atoms with E-state index in [-0.39, 0.29) is 23.5 Å². The second-order valence-electron chi connectivity index (χ2n) is 9.39. The molecule has 3 aliphatic rings. The minimum absolute atomic E-state index is 0.187. The summed E-state index contributed by atoms with van der Waals surface area (Å²) in [5.74, 6) is 0.799. The van der Waals surface area contributed by atoms with Gasteiger partial charge in [-0.3, -0.25) is 14.9 Å². The molecule has 31 heavy (non-hydrogen) atoms.